The molecule has 0 spiro atoms. The number of hydrogen-bond acceptors (Lipinski definition) is 2. The van der Waals surface area contributed by atoms with E-state index in [1.54, 1.807) is 0 Å². The third-order valence-corrected chi connectivity index (χ3v) is 6.28. The lowest BCUT2D eigenvalue weighted by atomic mass is 10.0. The van der Waals surface area contributed by atoms with Gasteiger partial charge in [-0.15, -0.1) is 0 Å². The van der Waals surface area contributed by atoms with Gasteiger partial charge in [-0.3, -0.25) is 0 Å². The Labute approximate surface area is 208 Å². The second-order valence-electron chi connectivity index (χ2n) is 9.14. The molecule has 0 N–H and O–H groups in total. The van der Waals surface area contributed by atoms with Crippen LogP contribution in [0.25, 0.3) is 0 Å². The maximum absolute atomic E-state index is 14.4. The van der Waals surface area contributed by atoms with Crippen LogP contribution in [0.2, 0.25) is 0 Å². The molecule has 2 nitrogen and oxygen atoms in total. The highest BCUT2D eigenvalue weighted by molar-refractivity contribution is 6.20. The summed E-state index contributed by atoms with van der Waals surface area (Å²) in [6.45, 7) is 4.30. The van der Waals surface area contributed by atoms with E-state index in [9.17, 15) is 17.6 Å². The number of rotatable bonds is 18. The third kappa shape index (κ3) is 9.77. The fourth-order valence-electron chi connectivity index (χ4n) is 4.10. The summed E-state index contributed by atoms with van der Waals surface area (Å²) in [5.74, 6) is -4.72. The van der Waals surface area contributed by atoms with Gasteiger partial charge in [-0.25, -0.2) is 8.78 Å². The van der Waals surface area contributed by atoms with Crippen molar-refractivity contribution in [2.24, 2.45) is 0 Å². The molecule has 194 valence electrons. The van der Waals surface area contributed by atoms with Crippen LogP contribution >= 0.6 is 0 Å². The predicted molar refractivity (Wildman–Crippen MR) is 135 cm³/mol. The van der Waals surface area contributed by atoms with Gasteiger partial charge >= 0.3 is 7.69 Å². The minimum atomic E-state index is -1.10. The van der Waals surface area contributed by atoms with E-state index >= 15 is 0 Å². The zero-order valence-electron chi connectivity index (χ0n) is 21.2. The number of hydrogen-bond donors (Lipinski definition) is 0. The van der Waals surface area contributed by atoms with Crippen molar-refractivity contribution in [2.45, 2.75) is 104 Å². The van der Waals surface area contributed by atoms with Gasteiger partial charge in [-0.05, 0) is 48.9 Å². The fraction of sp³-hybridized carbons (Fsp3) is 0.571. The second-order valence-corrected chi connectivity index (χ2v) is 9.14. The highest BCUT2D eigenvalue weighted by Crippen LogP contribution is 2.26. The molecule has 2 aromatic rings. The van der Waals surface area contributed by atoms with Gasteiger partial charge in [0.2, 0.25) is 0 Å². The maximum atomic E-state index is 14.4. The van der Waals surface area contributed by atoms with Crippen LogP contribution in [-0.4, -0.2) is 7.69 Å². The zero-order chi connectivity index (χ0) is 25.5. The lowest BCUT2D eigenvalue weighted by molar-refractivity contribution is 0.396. The number of benzene rings is 2. The Morgan fingerprint density at radius 2 is 0.886 bits per heavy atom. The summed E-state index contributed by atoms with van der Waals surface area (Å²) in [5, 5.41) is 0. The topological polar surface area (TPSA) is 18.5 Å². The largest absolute Gasteiger partial charge is 0.576 e. The Morgan fingerprint density at radius 1 is 0.514 bits per heavy atom. The van der Waals surface area contributed by atoms with E-state index < -0.39 is 31.0 Å². The van der Waals surface area contributed by atoms with Crippen LogP contribution in [0.4, 0.5) is 17.6 Å². The van der Waals surface area contributed by atoms with E-state index in [1.807, 2.05) is 0 Å². The molecular formula is C28H39BF4O2. The lowest BCUT2D eigenvalue weighted by Crippen LogP contribution is -2.14. The Bertz CT molecular complexity index is 820. The SMILES string of the molecule is CCCCCCCCc1ccc(OBOc2ccc(CCCCCCCC)c(F)c2F)c(F)c1F. The van der Waals surface area contributed by atoms with Gasteiger partial charge in [0.25, 0.3) is 0 Å². The molecule has 0 amide bonds. The van der Waals surface area contributed by atoms with Gasteiger partial charge in [0, 0.05) is 0 Å². The molecule has 0 radical (unpaired) electrons. The summed E-state index contributed by atoms with van der Waals surface area (Å²) >= 11 is 0. The van der Waals surface area contributed by atoms with Crippen LogP contribution in [0.3, 0.4) is 0 Å². The first kappa shape index (κ1) is 29.1. The fourth-order valence-corrected chi connectivity index (χ4v) is 4.10. The molecule has 0 saturated heterocycles. The molecule has 0 aliphatic carbocycles. The van der Waals surface area contributed by atoms with Crippen molar-refractivity contribution in [1.29, 1.82) is 0 Å². The average Bonchev–Trinajstić information content (AvgIpc) is 2.86. The van der Waals surface area contributed by atoms with E-state index in [0.717, 1.165) is 64.2 Å². The van der Waals surface area contributed by atoms with Crippen molar-refractivity contribution in [1.82, 2.24) is 0 Å². The van der Waals surface area contributed by atoms with Gasteiger partial charge in [-0.1, -0.05) is 90.2 Å². The van der Waals surface area contributed by atoms with Crippen LogP contribution < -0.4 is 9.31 Å². The standard InChI is InChI=1S/C28H39BF4O2/c1-3-5-7-9-11-13-15-21-17-19-23(27(32)25(21)30)34-29-35-24-20-18-22(26(31)28(24)33)16-14-12-10-8-6-4-2/h17-20,29H,3-16H2,1-2H3. The molecule has 0 atom stereocenters. The normalized spacial score (nSPS) is 11.0. The van der Waals surface area contributed by atoms with Gasteiger partial charge < -0.3 is 9.31 Å². The van der Waals surface area contributed by atoms with Gasteiger partial charge in [0.1, 0.15) is 11.5 Å². The van der Waals surface area contributed by atoms with E-state index in [-0.39, 0.29) is 11.5 Å². The van der Waals surface area contributed by atoms with Crippen LogP contribution in [0.5, 0.6) is 11.5 Å². The predicted octanol–water partition coefficient (Wildman–Crippen LogP) is 8.77. The Morgan fingerprint density at radius 3 is 1.29 bits per heavy atom. The van der Waals surface area contributed by atoms with Crippen molar-refractivity contribution >= 4 is 7.69 Å². The molecule has 7 heteroatoms. The molecule has 0 bridgehead atoms. The Balaban J connectivity index is 1.82. The summed E-state index contributed by atoms with van der Waals surface area (Å²) in [4.78, 5) is 0. The molecular weight excluding hydrogens is 455 g/mol. The molecule has 0 aliphatic rings. The third-order valence-electron chi connectivity index (χ3n) is 6.28. The minimum absolute atomic E-state index is 0.306. The molecule has 2 aromatic carbocycles. The first-order valence-corrected chi connectivity index (χ1v) is 13.2. The van der Waals surface area contributed by atoms with Gasteiger partial charge in [0.05, 0.1) is 0 Å². The Hall–Kier alpha value is -2.18. The lowest BCUT2D eigenvalue weighted by Gasteiger charge is -2.12. The number of unbranched alkanes of at least 4 members (excludes halogenated alkanes) is 10. The molecule has 0 unspecified atom stereocenters. The van der Waals surface area contributed by atoms with Crippen molar-refractivity contribution in [3.63, 3.8) is 0 Å². The molecule has 0 saturated carbocycles. The van der Waals surface area contributed by atoms with Crippen LogP contribution in [0.15, 0.2) is 24.3 Å². The summed E-state index contributed by atoms with van der Waals surface area (Å²) in [7, 11) is -0.569. The summed E-state index contributed by atoms with van der Waals surface area (Å²) in [6, 6.07) is 5.68. The van der Waals surface area contributed by atoms with E-state index in [0.29, 0.717) is 24.0 Å². The second kappa shape index (κ2) is 16.5. The van der Waals surface area contributed by atoms with Crippen molar-refractivity contribution in [3.8, 4) is 11.5 Å². The first-order valence-electron chi connectivity index (χ1n) is 13.2. The summed E-state index contributed by atoms with van der Waals surface area (Å²) < 4.78 is 67.9. The smallest absolute Gasteiger partial charge is 0.526 e. The van der Waals surface area contributed by atoms with Crippen LogP contribution in [0, 0.1) is 23.3 Å². The van der Waals surface area contributed by atoms with Gasteiger partial charge in [0.15, 0.2) is 23.3 Å². The maximum Gasteiger partial charge on any atom is 0.576 e. The highest BCUT2D eigenvalue weighted by Gasteiger charge is 2.17. The molecule has 0 aliphatic heterocycles. The van der Waals surface area contributed by atoms with E-state index in [1.165, 1.54) is 37.1 Å². The van der Waals surface area contributed by atoms with E-state index in [4.69, 9.17) is 9.31 Å². The molecule has 0 fully saturated rings. The first-order chi connectivity index (χ1) is 17.0. The van der Waals surface area contributed by atoms with E-state index in [2.05, 4.69) is 13.8 Å². The highest BCUT2D eigenvalue weighted by atomic mass is 19.2. The average molecular weight is 494 g/mol. The molecule has 2 rings (SSSR count). The van der Waals surface area contributed by atoms with Crippen molar-refractivity contribution in [3.05, 3.63) is 58.7 Å². The Kier molecular flexibility index (Phi) is 13.7. The van der Waals surface area contributed by atoms with Crippen LogP contribution in [-0.2, 0) is 12.8 Å². The van der Waals surface area contributed by atoms with Crippen molar-refractivity contribution < 1.29 is 26.9 Å². The minimum Gasteiger partial charge on any atom is -0.526 e. The molecule has 35 heavy (non-hydrogen) atoms. The zero-order valence-corrected chi connectivity index (χ0v) is 21.2. The number of aryl methyl sites for hydroxylation is 2. The number of halogens is 4. The van der Waals surface area contributed by atoms with Crippen LogP contribution in [0.1, 0.15) is 102 Å². The quantitative estimate of drug-likeness (QED) is 0.117. The van der Waals surface area contributed by atoms with Gasteiger partial charge in [-0.2, -0.15) is 8.78 Å². The monoisotopic (exact) mass is 494 g/mol. The molecule has 0 heterocycles. The summed E-state index contributed by atoms with van der Waals surface area (Å²) in [5.41, 5.74) is 0.612. The van der Waals surface area contributed by atoms with Crippen molar-refractivity contribution in [2.75, 3.05) is 0 Å². The summed E-state index contributed by atoms with van der Waals surface area (Å²) in [6.07, 6.45) is 13.7. The molecule has 0 aromatic heterocycles.